The number of rotatable bonds is 3. The molecule has 3 nitrogen and oxygen atoms in total. The van der Waals surface area contributed by atoms with Crippen molar-refractivity contribution in [3.63, 3.8) is 0 Å². The fourth-order valence-electron chi connectivity index (χ4n) is 1.38. The predicted molar refractivity (Wildman–Crippen MR) is 63.4 cm³/mol. The Labute approximate surface area is 89.3 Å². The highest BCUT2D eigenvalue weighted by atomic mass is 14.9. The van der Waals surface area contributed by atoms with Crippen LogP contribution in [0.3, 0.4) is 0 Å². The van der Waals surface area contributed by atoms with Crippen LogP contribution in [0.5, 0.6) is 0 Å². The lowest BCUT2D eigenvalue weighted by molar-refractivity contribution is 0.667. The Hall–Kier alpha value is -1.64. The summed E-state index contributed by atoms with van der Waals surface area (Å²) < 4.78 is 0. The second-order valence-electron chi connectivity index (χ2n) is 4.03. The molecule has 0 radical (unpaired) electrons. The number of hydrogen-bond acceptors (Lipinski definition) is 2. The molecular formula is C12H15N3. The maximum Gasteiger partial charge on any atom is 0.149 e. The highest BCUT2D eigenvalue weighted by molar-refractivity contribution is 5.83. The van der Waals surface area contributed by atoms with E-state index >= 15 is 0 Å². The fourth-order valence-corrected chi connectivity index (χ4v) is 1.38. The normalized spacial score (nSPS) is 11.9. The van der Waals surface area contributed by atoms with Crippen molar-refractivity contribution < 1.29 is 0 Å². The minimum absolute atomic E-state index is 0.589. The van der Waals surface area contributed by atoms with Gasteiger partial charge >= 0.3 is 0 Å². The smallest absolute Gasteiger partial charge is 0.149 e. The number of fused-ring (bicyclic) bond motifs is 1. The van der Waals surface area contributed by atoms with Crippen LogP contribution < -0.4 is 0 Å². The van der Waals surface area contributed by atoms with Crippen LogP contribution in [0.4, 0.5) is 0 Å². The molecule has 0 saturated carbocycles. The number of nitrogens with zero attached hydrogens (tertiary/aromatic N) is 2. The Kier molecular flexibility index (Phi) is 2.81. The van der Waals surface area contributed by atoms with Gasteiger partial charge in [-0.3, -0.25) is 4.99 Å². The van der Waals surface area contributed by atoms with Crippen LogP contribution in [0, 0.1) is 5.92 Å². The van der Waals surface area contributed by atoms with E-state index in [0.717, 1.165) is 23.4 Å². The fraction of sp³-hybridized carbons (Fsp3) is 0.333. The van der Waals surface area contributed by atoms with Gasteiger partial charge < -0.3 is 4.98 Å². The van der Waals surface area contributed by atoms with Gasteiger partial charge in [0.1, 0.15) is 5.82 Å². The van der Waals surface area contributed by atoms with Gasteiger partial charge in [0, 0.05) is 6.54 Å². The average molecular weight is 201 g/mol. The molecule has 0 amide bonds. The van der Waals surface area contributed by atoms with Crippen LogP contribution in [0.25, 0.3) is 11.0 Å². The van der Waals surface area contributed by atoms with Crippen LogP contribution >= 0.6 is 0 Å². The van der Waals surface area contributed by atoms with Crippen LogP contribution in [-0.2, 0) is 0 Å². The van der Waals surface area contributed by atoms with Crippen molar-refractivity contribution in [2.75, 3.05) is 6.54 Å². The van der Waals surface area contributed by atoms with Crippen LogP contribution in [0.1, 0.15) is 19.7 Å². The first-order valence-corrected chi connectivity index (χ1v) is 5.20. The molecule has 0 aliphatic heterocycles. The number of aromatic amines is 1. The summed E-state index contributed by atoms with van der Waals surface area (Å²) in [6, 6.07) is 7.99. The van der Waals surface area contributed by atoms with Crippen LogP contribution in [0.2, 0.25) is 0 Å². The van der Waals surface area contributed by atoms with Gasteiger partial charge in [-0.05, 0) is 18.1 Å². The van der Waals surface area contributed by atoms with E-state index < -0.39 is 0 Å². The number of aromatic nitrogens is 2. The molecule has 15 heavy (non-hydrogen) atoms. The lowest BCUT2D eigenvalue weighted by Crippen LogP contribution is -1.93. The summed E-state index contributed by atoms with van der Waals surface area (Å²) in [5, 5.41) is 0. The average Bonchev–Trinajstić information content (AvgIpc) is 2.59. The first kappa shape index (κ1) is 9.90. The molecular weight excluding hydrogens is 186 g/mol. The zero-order chi connectivity index (χ0) is 10.7. The molecule has 3 heteroatoms. The summed E-state index contributed by atoms with van der Waals surface area (Å²) >= 11 is 0. The highest BCUT2D eigenvalue weighted by Crippen LogP contribution is 2.08. The van der Waals surface area contributed by atoms with E-state index in [-0.39, 0.29) is 0 Å². The molecule has 2 aromatic rings. The molecule has 0 aliphatic rings. The van der Waals surface area contributed by atoms with Gasteiger partial charge in [-0.1, -0.05) is 26.0 Å². The van der Waals surface area contributed by atoms with Crippen molar-refractivity contribution in [1.29, 1.82) is 0 Å². The summed E-state index contributed by atoms with van der Waals surface area (Å²) in [5.74, 6) is 1.42. The Bertz CT molecular complexity index is 435. The van der Waals surface area contributed by atoms with E-state index in [1.54, 1.807) is 6.21 Å². The molecule has 0 bridgehead atoms. The number of hydrogen-bond donors (Lipinski definition) is 1. The summed E-state index contributed by atoms with van der Waals surface area (Å²) in [4.78, 5) is 11.9. The zero-order valence-electron chi connectivity index (χ0n) is 9.07. The first-order chi connectivity index (χ1) is 7.25. The third-order valence-electron chi connectivity index (χ3n) is 2.09. The number of H-pyrrole nitrogens is 1. The minimum Gasteiger partial charge on any atom is -0.337 e. The van der Waals surface area contributed by atoms with Gasteiger partial charge in [0.25, 0.3) is 0 Å². The lowest BCUT2D eigenvalue weighted by Gasteiger charge is -1.95. The Morgan fingerprint density at radius 1 is 1.40 bits per heavy atom. The molecule has 0 unspecified atom stereocenters. The van der Waals surface area contributed by atoms with E-state index in [2.05, 4.69) is 28.8 Å². The standard InChI is InChI=1S/C12H15N3/c1-9(2)7-13-8-12-14-10-5-3-4-6-11(10)15-12/h3-6,8-9H,7H2,1-2H3,(H,14,15)/b13-8+. The number of aliphatic imine (C=N–C) groups is 1. The Morgan fingerprint density at radius 2 is 2.20 bits per heavy atom. The monoisotopic (exact) mass is 201 g/mol. The summed E-state index contributed by atoms with van der Waals surface area (Å²) in [6.07, 6.45) is 1.81. The van der Waals surface area contributed by atoms with Crippen LogP contribution in [-0.4, -0.2) is 22.7 Å². The van der Waals surface area contributed by atoms with Crippen molar-refractivity contribution >= 4 is 17.2 Å². The van der Waals surface area contributed by atoms with Gasteiger partial charge in [0.15, 0.2) is 0 Å². The highest BCUT2D eigenvalue weighted by Gasteiger charge is 1.98. The molecule has 0 atom stereocenters. The second kappa shape index (κ2) is 4.26. The minimum atomic E-state index is 0.589. The zero-order valence-corrected chi connectivity index (χ0v) is 9.07. The maximum atomic E-state index is 4.40. The van der Waals surface area contributed by atoms with Crippen molar-refractivity contribution in [2.45, 2.75) is 13.8 Å². The van der Waals surface area contributed by atoms with E-state index in [1.165, 1.54) is 0 Å². The Balaban J connectivity index is 2.18. The van der Waals surface area contributed by atoms with Crippen molar-refractivity contribution in [3.8, 4) is 0 Å². The van der Waals surface area contributed by atoms with Crippen LogP contribution in [0.15, 0.2) is 29.3 Å². The topological polar surface area (TPSA) is 41.0 Å². The van der Waals surface area contributed by atoms with Gasteiger partial charge in [-0.25, -0.2) is 4.98 Å². The predicted octanol–water partition coefficient (Wildman–Crippen LogP) is 2.64. The molecule has 0 fully saturated rings. The molecule has 1 aromatic carbocycles. The first-order valence-electron chi connectivity index (χ1n) is 5.20. The van der Waals surface area contributed by atoms with E-state index in [9.17, 15) is 0 Å². The molecule has 0 spiro atoms. The quantitative estimate of drug-likeness (QED) is 0.762. The van der Waals surface area contributed by atoms with Gasteiger partial charge in [-0.2, -0.15) is 0 Å². The van der Waals surface area contributed by atoms with Gasteiger partial charge in [0.05, 0.1) is 17.2 Å². The molecule has 1 heterocycles. The summed E-state index contributed by atoms with van der Waals surface area (Å²) in [5.41, 5.74) is 2.05. The van der Waals surface area contributed by atoms with E-state index in [1.807, 2.05) is 24.3 Å². The molecule has 2 rings (SSSR count). The molecule has 78 valence electrons. The number of nitrogens with one attached hydrogen (secondary N) is 1. The van der Waals surface area contributed by atoms with E-state index in [0.29, 0.717) is 5.92 Å². The van der Waals surface area contributed by atoms with Crippen molar-refractivity contribution in [3.05, 3.63) is 30.1 Å². The largest absolute Gasteiger partial charge is 0.337 e. The maximum absolute atomic E-state index is 4.40. The summed E-state index contributed by atoms with van der Waals surface area (Å²) in [6.45, 7) is 5.14. The lowest BCUT2D eigenvalue weighted by atomic mass is 10.2. The molecule has 0 saturated heterocycles. The Morgan fingerprint density at radius 3 is 2.93 bits per heavy atom. The number of benzene rings is 1. The van der Waals surface area contributed by atoms with E-state index in [4.69, 9.17) is 0 Å². The van der Waals surface area contributed by atoms with Crippen molar-refractivity contribution in [2.24, 2.45) is 10.9 Å². The number of para-hydroxylation sites is 2. The van der Waals surface area contributed by atoms with Gasteiger partial charge in [0.2, 0.25) is 0 Å². The molecule has 1 aromatic heterocycles. The van der Waals surface area contributed by atoms with Crippen molar-refractivity contribution in [1.82, 2.24) is 9.97 Å². The number of imidazole rings is 1. The SMILES string of the molecule is CC(C)C/N=C/c1nc2ccccc2[nH]1. The van der Waals surface area contributed by atoms with Gasteiger partial charge in [-0.15, -0.1) is 0 Å². The molecule has 0 aliphatic carbocycles. The third kappa shape index (κ3) is 2.43. The molecule has 1 N–H and O–H groups in total. The third-order valence-corrected chi connectivity index (χ3v) is 2.09. The second-order valence-corrected chi connectivity index (χ2v) is 4.03. The summed E-state index contributed by atoms with van der Waals surface area (Å²) in [7, 11) is 0.